The van der Waals surface area contributed by atoms with Gasteiger partial charge >= 0.3 is 0 Å². The van der Waals surface area contributed by atoms with Crippen molar-refractivity contribution in [3.63, 3.8) is 0 Å². The van der Waals surface area contributed by atoms with E-state index in [1.165, 1.54) is 5.56 Å². The number of aryl methyl sites for hydroxylation is 1. The first kappa shape index (κ1) is 26.2. The van der Waals surface area contributed by atoms with Crippen LogP contribution in [-0.4, -0.2) is 27.8 Å². The zero-order valence-electron chi connectivity index (χ0n) is 20.7. The predicted octanol–water partition coefficient (Wildman–Crippen LogP) is 5.01. The van der Waals surface area contributed by atoms with Gasteiger partial charge in [-0.05, 0) is 42.2 Å². The number of unbranched alkanes of at least 4 members (excludes halogenated alkanes) is 1. The minimum Gasteiger partial charge on any atom is -0.356 e. The lowest BCUT2D eigenvalue weighted by molar-refractivity contribution is -0.121. The Morgan fingerprint density at radius 1 is 1.16 bits per heavy atom. The van der Waals surface area contributed by atoms with Crippen molar-refractivity contribution in [2.24, 2.45) is 13.0 Å². The molecule has 0 atom stereocenters. The standard InChI is InChI=1S/C26H39N3O2S/c1-18(2)17-27-23(30)10-8-9-15-32-25-28-19(3)22(24(31)29(25)7)16-20-11-13-21(14-12-20)26(4,5)6/h11-14,18H,8-10,15-17H2,1-7H3,(H,27,30). The summed E-state index contributed by atoms with van der Waals surface area (Å²) in [4.78, 5) is 29.5. The first-order valence-electron chi connectivity index (χ1n) is 11.5. The van der Waals surface area contributed by atoms with Gasteiger partial charge in [-0.1, -0.05) is 70.6 Å². The van der Waals surface area contributed by atoms with Gasteiger partial charge in [-0.15, -0.1) is 0 Å². The lowest BCUT2D eigenvalue weighted by Gasteiger charge is -2.19. The zero-order chi connectivity index (χ0) is 23.9. The van der Waals surface area contributed by atoms with Crippen LogP contribution in [-0.2, 0) is 23.7 Å². The smallest absolute Gasteiger partial charge is 0.257 e. The van der Waals surface area contributed by atoms with E-state index in [0.717, 1.165) is 47.1 Å². The van der Waals surface area contributed by atoms with Crippen LogP contribution in [0, 0.1) is 12.8 Å². The highest BCUT2D eigenvalue weighted by Gasteiger charge is 2.15. The maximum Gasteiger partial charge on any atom is 0.257 e. The van der Waals surface area contributed by atoms with Gasteiger partial charge in [-0.3, -0.25) is 14.2 Å². The Bertz CT molecular complexity index is 957. The molecular weight excluding hydrogens is 418 g/mol. The van der Waals surface area contributed by atoms with Crippen molar-refractivity contribution in [2.75, 3.05) is 12.3 Å². The number of nitrogens with zero attached hydrogens (tertiary/aromatic N) is 2. The summed E-state index contributed by atoms with van der Waals surface area (Å²) >= 11 is 1.59. The fourth-order valence-corrected chi connectivity index (χ4v) is 4.36. The molecule has 1 aromatic carbocycles. The first-order chi connectivity index (χ1) is 15.0. The van der Waals surface area contributed by atoms with Gasteiger partial charge in [0.15, 0.2) is 5.16 Å². The van der Waals surface area contributed by atoms with Crippen molar-refractivity contribution in [1.29, 1.82) is 0 Å². The van der Waals surface area contributed by atoms with Gasteiger partial charge in [-0.25, -0.2) is 4.98 Å². The van der Waals surface area contributed by atoms with Gasteiger partial charge in [0.1, 0.15) is 0 Å². The molecule has 5 nitrogen and oxygen atoms in total. The van der Waals surface area contributed by atoms with Crippen LogP contribution in [0.3, 0.4) is 0 Å². The Balaban J connectivity index is 1.94. The van der Waals surface area contributed by atoms with E-state index in [4.69, 9.17) is 4.98 Å². The summed E-state index contributed by atoms with van der Waals surface area (Å²) in [6.07, 6.45) is 2.89. The lowest BCUT2D eigenvalue weighted by atomic mass is 9.86. The number of amides is 1. The third kappa shape index (κ3) is 7.80. The summed E-state index contributed by atoms with van der Waals surface area (Å²) in [6.45, 7) is 13.4. The molecule has 6 heteroatoms. The van der Waals surface area contributed by atoms with Gasteiger partial charge in [0.25, 0.3) is 5.56 Å². The molecule has 0 saturated heterocycles. The summed E-state index contributed by atoms with van der Waals surface area (Å²) < 4.78 is 1.66. The van der Waals surface area contributed by atoms with Crippen LogP contribution < -0.4 is 10.9 Å². The van der Waals surface area contributed by atoms with Crippen molar-refractivity contribution in [1.82, 2.24) is 14.9 Å². The number of carbonyl (C=O) groups excluding carboxylic acids is 1. The van der Waals surface area contributed by atoms with E-state index in [1.54, 1.807) is 23.4 Å². The van der Waals surface area contributed by atoms with E-state index in [0.29, 0.717) is 18.8 Å². The monoisotopic (exact) mass is 457 g/mol. The number of nitrogens with one attached hydrogen (secondary N) is 1. The third-order valence-electron chi connectivity index (χ3n) is 5.49. The molecule has 1 amide bonds. The molecule has 0 bridgehead atoms. The second-order valence-electron chi connectivity index (χ2n) is 9.95. The van der Waals surface area contributed by atoms with E-state index < -0.39 is 0 Å². The molecule has 1 heterocycles. The van der Waals surface area contributed by atoms with E-state index in [2.05, 4.69) is 64.2 Å². The number of aromatic nitrogens is 2. The summed E-state index contributed by atoms with van der Waals surface area (Å²) in [7, 11) is 1.79. The van der Waals surface area contributed by atoms with Crippen LogP contribution in [0.5, 0.6) is 0 Å². The van der Waals surface area contributed by atoms with Gasteiger partial charge in [0.05, 0.1) is 0 Å². The zero-order valence-corrected chi connectivity index (χ0v) is 21.6. The van der Waals surface area contributed by atoms with E-state index in [1.807, 2.05) is 6.92 Å². The highest BCUT2D eigenvalue weighted by Crippen LogP contribution is 2.23. The number of hydrogen-bond donors (Lipinski definition) is 1. The van der Waals surface area contributed by atoms with Crippen LogP contribution in [0.4, 0.5) is 0 Å². The van der Waals surface area contributed by atoms with Crippen LogP contribution in [0.2, 0.25) is 0 Å². The molecule has 1 N–H and O–H groups in total. The van der Waals surface area contributed by atoms with Crippen LogP contribution in [0.1, 0.15) is 76.3 Å². The summed E-state index contributed by atoms with van der Waals surface area (Å²) in [5.41, 5.74) is 4.09. The number of carbonyl (C=O) groups is 1. The molecule has 0 spiro atoms. The molecule has 32 heavy (non-hydrogen) atoms. The molecule has 1 aromatic heterocycles. The molecule has 0 aliphatic rings. The molecule has 0 aliphatic heterocycles. The molecule has 0 saturated carbocycles. The molecule has 2 rings (SSSR count). The SMILES string of the molecule is Cc1nc(SCCCCC(=O)NCC(C)C)n(C)c(=O)c1Cc1ccc(C(C)(C)C)cc1. The second-order valence-corrected chi connectivity index (χ2v) is 11.0. The van der Waals surface area contributed by atoms with Crippen LogP contribution in [0.25, 0.3) is 0 Å². The number of benzene rings is 1. The highest BCUT2D eigenvalue weighted by atomic mass is 32.2. The van der Waals surface area contributed by atoms with Crippen molar-refractivity contribution >= 4 is 17.7 Å². The molecule has 0 unspecified atom stereocenters. The van der Waals surface area contributed by atoms with E-state index in [9.17, 15) is 9.59 Å². The van der Waals surface area contributed by atoms with Crippen molar-refractivity contribution in [3.05, 3.63) is 57.0 Å². The minimum atomic E-state index is 0.0213. The predicted molar refractivity (Wildman–Crippen MR) is 135 cm³/mol. The molecule has 0 aliphatic carbocycles. The molecule has 0 radical (unpaired) electrons. The molecular formula is C26H39N3O2S. The average Bonchev–Trinajstić information content (AvgIpc) is 2.72. The average molecular weight is 458 g/mol. The van der Waals surface area contributed by atoms with Gasteiger partial charge in [0, 0.05) is 43.4 Å². The molecule has 176 valence electrons. The maximum atomic E-state index is 13.0. The van der Waals surface area contributed by atoms with Gasteiger partial charge in [-0.2, -0.15) is 0 Å². The molecule has 2 aromatic rings. The van der Waals surface area contributed by atoms with Gasteiger partial charge < -0.3 is 5.32 Å². The van der Waals surface area contributed by atoms with Crippen molar-refractivity contribution in [3.8, 4) is 0 Å². The van der Waals surface area contributed by atoms with E-state index >= 15 is 0 Å². The summed E-state index contributed by atoms with van der Waals surface area (Å²) in [6, 6.07) is 8.52. The highest BCUT2D eigenvalue weighted by molar-refractivity contribution is 7.99. The normalized spacial score (nSPS) is 11.8. The second kappa shape index (κ2) is 11.7. The largest absolute Gasteiger partial charge is 0.356 e. The Kier molecular flexibility index (Phi) is 9.56. The quantitative estimate of drug-likeness (QED) is 0.309. The number of rotatable bonds is 10. The Labute approximate surface area is 197 Å². The number of thioether (sulfide) groups is 1. The summed E-state index contributed by atoms with van der Waals surface area (Å²) in [5.74, 6) is 1.42. The maximum absolute atomic E-state index is 13.0. The molecule has 0 fully saturated rings. The fraction of sp³-hybridized carbons (Fsp3) is 0.577. The number of hydrogen-bond acceptors (Lipinski definition) is 4. The van der Waals surface area contributed by atoms with Gasteiger partial charge in [0.2, 0.25) is 5.91 Å². The topological polar surface area (TPSA) is 64.0 Å². The van der Waals surface area contributed by atoms with Crippen LogP contribution in [0.15, 0.2) is 34.2 Å². The minimum absolute atomic E-state index is 0.0213. The van der Waals surface area contributed by atoms with Crippen LogP contribution >= 0.6 is 11.8 Å². The Morgan fingerprint density at radius 3 is 2.41 bits per heavy atom. The van der Waals surface area contributed by atoms with Crippen molar-refractivity contribution in [2.45, 2.75) is 77.8 Å². The lowest BCUT2D eigenvalue weighted by Crippen LogP contribution is -2.27. The Morgan fingerprint density at radius 2 is 1.81 bits per heavy atom. The first-order valence-corrected chi connectivity index (χ1v) is 12.5. The van der Waals surface area contributed by atoms with Crippen molar-refractivity contribution < 1.29 is 4.79 Å². The Hall–Kier alpha value is -2.08. The van der Waals surface area contributed by atoms with E-state index in [-0.39, 0.29) is 16.9 Å². The summed E-state index contributed by atoms with van der Waals surface area (Å²) in [5, 5.41) is 3.69. The third-order valence-corrected chi connectivity index (χ3v) is 6.60. The fourth-order valence-electron chi connectivity index (χ4n) is 3.35.